The number of morpholine rings is 1. The van der Waals surface area contributed by atoms with E-state index in [-0.39, 0.29) is 5.60 Å². The summed E-state index contributed by atoms with van der Waals surface area (Å²) < 4.78 is 5.76. The van der Waals surface area contributed by atoms with Crippen LogP contribution in [0.2, 0.25) is 0 Å². The van der Waals surface area contributed by atoms with Gasteiger partial charge in [-0.25, -0.2) is 4.98 Å². The van der Waals surface area contributed by atoms with Gasteiger partial charge in [-0.2, -0.15) is 0 Å². The van der Waals surface area contributed by atoms with Gasteiger partial charge in [-0.3, -0.25) is 0 Å². The topological polar surface area (TPSA) is 51.4 Å². The molecule has 2 N–H and O–H groups in total. The first kappa shape index (κ1) is 14.3. The minimum Gasteiger partial charge on any atom is -0.372 e. The molecule has 0 unspecified atom stereocenters. The molecule has 0 aromatic carbocycles. The Labute approximate surface area is 116 Å². The Morgan fingerprint density at radius 2 is 2.16 bits per heavy atom. The number of nitrogens with two attached hydrogens (primary N) is 1. The molecule has 0 aliphatic carbocycles. The number of nitrogens with zero attached hydrogens (tertiary/aromatic N) is 2. The summed E-state index contributed by atoms with van der Waals surface area (Å²) in [6.45, 7) is 11.6. The minimum atomic E-state index is -0.114. The smallest absolute Gasteiger partial charge is 0.129 e. The zero-order chi connectivity index (χ0) is 14.0. The van der Waals surface area contributed by atoms with E-state index < -0.39 is 0 Å². The lowest BCUT2D eigenvalue weighted by atomic mass is 10.1. The van der Waals surface area contributed by atoms with E-state index >= 15 is 0 Å². The van der Waals surface area contributed by atoms with Gasteiger partial charge in [0.25, 0.3) is 0 Å². The van der Waals surface area contributed by atoms with Crippen LogP contribution in [0.1, 0.15) is 44.9 Å². The summed E-state index contributed by atoms with van der Waals surface area (Å²) in [6, 6.07) is 4.22. The lowest BCUT2D eigenvalue weighted by Crippen LogP contribution is -2.48. The Kier molecular flexibility index (Phi) is 4.11. The predicted octanol–water partition coefficient (Wildman–Crippen LogP) is 2.28. The number of hydrogen-bond donors (Lipinski definition) is 1. The van der Waals surface area contributed by atoms with E-state index in [1.165, 1.54) is 0 Å². The first-order valence-corrected chi connectivity index (χ1v) is 7.01. The van der Waals surface area contributed by atoms with Crippen LogP contribution in [-0.2, 0) is 11.3 Å². The van der Waals surface area contributed by atoms with Crippen molar-refractivity contribution >= 4 is 5.82 Å². The molecule has 0 amide bonds. The Bertz CT molecular complexity index is 443. The molecule has 1 aliphatic rings. The second-order valence-corrected chi connectivity index (χ2v) is 6.15. The normalized spacial score (nSPS) is 18.9. The van der Waals surface area contributed by atoms with Gasteiger partial charge in [0.1, 0.15) is 5.82 Å². The Balaban J connectivity index is 2.30. The first-order chi connectivity index (χ1) is 8.91. The lowest BCUT2D eigenvalue weighted by Gasteiger charge is -2.39. The molecule has 0 saturated carbocycles. The third kappa shape index (κ3) is 3.45. The Morgan fingerprint density at radius 3 is 2.74 bits per heavy atom. The molecule has 1 aromatic heterocycles. The summed E-state index contributed by atoms with van der Waals surface area (Å²) in [5.41, 5.74) is 7.95. The van der Waals surface area contributed by atoms with Gasteiger partial charge < -0.3 is 15.4 Å². The van der Waals surface area contributed by atoms with E-state index in [2.05, 4.69) is 44.7 Å². The van der Waals surface area contributed by atoms with Gasteiger partial charge in [0.15, 0.2) is 0 Å². The molecule has 106 valence electrons. The second-order valence-electron chi connectivity index (χ2n) is 6.15. The second kappa shape index (κ2) is 5.47. The number of rotatable bonds is 3. The third-order valence-corrected chi connectivity index (χ3v) is 3.47. The molecule has 4 heteroatoms. The molecule has 0 bridgehead atoms. The van der Waals surface area contributed by atoms with Crippen molar-refractivity contribution in [3.05, 3.63) is 23.4 Å². The summed E-state index contributed by atoms with van der Waals surface area (Å²) in [4.78, 5) is 7.09. The van der Waals surface area contributed by atoms with Crippen LogP contribution in [0.3, 0.4) is 0 Å². The molecule has 0 atom stereocenters. The van der Waals surface area contributed by atoms with E-state index in [0.717, 1.165) is 36.8 Å². The average molecular weight is 263 g/mol. The van der Waals surface area contributed by atoms with Gasteiger partial charge in [-0.1, -0.05) is 13.8 Å². The molecule has 0 radical (unpaired) electrons. The SMILES string of the molecule is CC(C)c1cc(CN)cc(N2CCOC(C)(C)C2)n1. The highest BCUT2D eigenvalue weighted by Crippen LogP contribution is 2.24. The number of ether oxygens (including phenoxy) is 1. The van der Waals surface area contributed by atoms with Gasteiger partial charge in [0, 0.05) is 25.3 Å². The average Bonchev–Trinajstić information content (AvgIpc) is 2.37. The fourth-order valence-corrected chi connectivity index (χ4v) is 2.38. The van der Waals surface area contributed by atoms with Crippen molar-refractivity contribution in [2.75, 3.05) is 24.6 Å². The van der Waals surface area contributed by atoms with E-state index in [9.17, 15) is 0 Å². The van der Waals surface area contributed by atoms with Crippen molar-refractivity contribution in [1.82, 2.24) is 4.98 Å². The van der Waals surface area contributed by atoms with Crippen molar-refractivity contribution < 1.29 is 4.74 Å². The molecule has 2 rings (SSSR count). The lowest BCUT2D eigenvalue weighted by molar-refractivity contribution is -0.0279. The van der Waals surface area contributed by atoms with E-state index in [1.807, 2.05) is 0 Å². The van der Waals surface area contributed by atoms with Crippen molar-refractivity contribution in [3.63, 3.8) is 0 Å². The molecule has 1 saturated heterocycles. The van der Waals surface area contributed by atoms with Crippen molar-refractivity contribution in [1.29, 1.82) is 0 Å². The van der Waals surface area contributed by atoms with Crippen LogP contribution in [-0.4, -0.2) is 30.3 Å². The number of aromatic nitrogens is 1. The highest BCUT2D eigenvalue weighted by atomic mass is 16.5. The summed E-state index contributed by atoms with van der Waals surface area (Å²) in [5.74, 6) is 1.45. The van der Waals surface area contributed by atoms with Gasteiger partial charge in [-0.15, -0.1) is 0 Å². The van der Waals surface area contributed by atoms with Crippen LogP contribution in [0.5, 0.6) is 0 Å². The van der Waals surface area contributed by atoms with Gasteiger partial charge in [0.05, 0.1) is 12.2 Å². The van der Waals surface area contributed by atoms with Crippen molar-refractivity contribution in [3.8, 4) is 0 Å². The van der Waals surface area contributed by atoms with E-state index in [0.29, 0.717) is 12.5 Å². The molecule has 1 aliphatic heterocycles. The number of pyridine rings is 1. The molecule has 4 nitrogen and oxygen atoms in total. The van der Waals surface area contributed by atoms with Crippen LogP contribution >= 0.6 is 0 Å². The zero-order valence-corrected chi connectivity index (χ0v) is 12.4. The molecular formula is C15H25N3O. The fourth-order valence-electron chi connectivity index (χ4n) is 2.38. The molecule has 1 aromatic rings. The summed E-state index contributed by atoms with van der Waals surface area (Å²) >= 11 is 0. The third-order valence-electron chi connectivity index (χ3n) is 3.47. The van der Waals surface area contributed by atoms with Gasteiger partial charge in [0.2, 0.25) is 0 Å². The fraction of sp³-hybridized carbons (Fsp3) is 0.667. The monoisotopic (exact) mass is 263 g/mol. The molecule has 0 spiro atoms. The van der Waals surface area contributed by atoms with Crippen LogP contribution in [0.4, 0.5) is 5.82 Å². The maximum atomic E-state index is 5.80. The van der Waals surface area contributed by atoms with E-state index in [1.54, 1.807) is 0 Å². The highest BCUT2D eigenvalue weighted by molar-refractivity contribution is 5.44. The first-order valence-electron chi connectivity index (χ1n) is 7.01. The summed E-state index contributed by atoms with van der Waals surface area (Å²) in [5, 5.41) is 0. The molecule has 2 heterocycles. The minimum absolute atomic E-state index is 0.114. The zero-order valence-electron chi connectivity index (χ0n) is 12.4. The van der Waals surface area contributed by atoms with Crippen LogP contribution in [0, 0.1) is 0 Å². The molecule has 19 heavy (non-hydrogen) atoms. The largest absolute Gasteiger partial charge is 0.372 e. The number of anilines is 1. The van der Waals surface area contributed by atoms with Crippen LogP contribution in [0.25, 0.3) is 0 Å². The molecular weight excluding hydrogens is 238 g/mol. The highest BCUT2D eigenvalue weighted by Gasteiger charge is 2.28. The van der Waals surface area contributed by atoms with Gasteiger partial charge >= 0.3 is 0 Å². The van der Waals surface area contributed by atoms with Crippen LogP contribution in [0.15, 0.2) is 12.1 Å². The van der Waals surface area contributed by atoms with Crippen molar-refractivity contribution in [2.24, 2.45) is 5.73 Å². The Hall–Kier alpha value is -1.13. The van der Waals surface area contributed by atoms with Crippen molar-refractivity contribution in [2.45, 2.75) is 45.8 Å². The van der Waals surface area contributed by atoms with Crippen LogP contribution < -0.4 is 10.6 Å². The summed E-state index contributed by atoms with van der Waals surface area (Å²) in [6.07, 6.45) is 0. The predicted molar refractivity (Wildman–Crippen MR) is 78.5 cm³/mol. The quantitative estimate of drug-likeness (QED) is 0.909. The van der Waals surface area contributed by atoms with Gasteiger partial charge in [-0.05, 0) is 37.5 Å². The Morgan fingerprint density at radius 1 is 1.42 bits per heavy atom. The summed E-state index contributed by atoms with van der Waals surface area (Å²) in [7, 11) is 0. The maximum absolute atomic E-state index is 5.80. The standard InChI is InChI=1S/C15H25N3O/c1-11(2)13-7-12(9-16)8-14(17-13)18-5-6-19-15(3,4)10-18/h7-8,11H,5-6,9-10,16H2,1-4H3. The molecule has 1 fully saturated rings. The number of hydrogen-bond acceptors (Lipinski definition) is 4. The van der Waals surface area contributed by atoms with E-state index in [4.69, 9.17) is 15.5 Å². The maximum Gasteiger partial charge on any atom is 0.129 e.